The van der Waals surface area contributed by atoms with E-state index in [2.05, 4.69) is 0 Å². The van der Waals surface area contributed by atoms with Gasteiger partial charge in [-0.3, -0.25) is 14.5 Å². The number of phenolic OH excluding ortho intramolecular Hbond substituents is 1. The Kier molecular flexibility index (Phi) is 4.59. The second-order valence-corrected chi connectivity index (χ2v) is 7.27. The Hall–Kier alpha value is -2.86. The van der Waals surface area contributed by atoms with Crippen LogP contribution in [0.4, 0.5) is 5.69 Å². The van der Waals surface area contributed by atoms with E-state index >= 15 is 0 Å². The minimum absolute atomic E-state index is 0.107. The molecule has 0 bridgehead atoms. The molecule has 0 radical (unpaired) electrons. The minimum Gasteiger partial charge on any atom is -0.508 e. The minimum atomic E-state index is -2.04. The number of fused-ring (bicyclic) bond motifs is 2. The summed E-state index contributed by atoms with van der Waals surface area (Å²) < 4.78 is 4.98. The van der Waals surface area contributed by atoms with Gasteiger partial charge in [0.05, 0.1) is 12.3 Å². The Balaban J connectivity index is 1.83. The van der Waals surface area contributed by atoms with Gasteiger partial charge in [0.2, 0.25) is 0 Å². The van der Waals surface area contributed by atoms with Gasteiger partial charge in [0.15, 0.2) is 5.60 Å². The second-order valence-electron chi connectivity index (χ2n) is 7.27. The molecule has 2 N–H and O–H groups in total. The number of aromatic hydroxyl groups is 1. The van der Waals surface area contributed by atoms with Gasteiger partial charge in [-0.25, -0.2) is 0 Å². The van der Waals surface area contributed by atoms with Gasteiger partial charge in [0, 0.05) is 11.1 Å². The zero-order valence-electron chi connectivity index (χ0n) is 15.8. The molecule has 0 saturated carbocycles. The first-order valence-electron chi connectivity index (χ1n) is 9.61. The number of aryl methyl sites for hydroxylation is 2. The summed E-state index contributed by atoms with van der Waals surface area (Å²) in [4.78, 5) is 26.5. The number of carbonyl (C=O) groups excluding carboxylic acids is 2. The van der Waals surface area contributed by atoms with Crippen molar-refractivity contribution in [1.29, 1.82) is 0 Å². The number of esters is 1. The summed E-state index contributed by atoms with van der Waals surface area (Å²) in [6, 6.07) is 10.2. The molecule has 1 aliphatic heterocycles. The normalized spacial score (nSPS) is 20.6. The van der Waals surface area contributed by atoms with Crippen molar-refractivity contribution in [3.05, 3.63) is 58.7 Å². The summed E-state index contributed by atoms with van der Waals surface area (Å²) in [5.74, 6) is -1.32. The zero-order chi connectivity index (χ0) is 19.9. The van der Waals surface area contributed by atoms with Crippen molar-refractivity contribution >= 4 is 17.6 Å². The SMILES string of the molecule is CCOC(=O)CN1C(=O)C(O)(c2cc3c(cc2O)CCCC3)c2ccccc21. The first-order valence-corrected chi connectivity index (χ1v) is 9.61. The molecule has 0 spiro atoms. The number of phenols is 1. The number of ether oxygens (including phenoxy) is 1. The first-order chi connectivity index (χ1) is 13.5. The molecule has 0 saturated heterocycles. The van der Waals surface area contributed by atoms with Crippen molar-refractivity contribution < 1.29 is 24.5 Å². The molecule has 0 fully saturated rings. The van der Waals surface area contributed by atoms with Crippen molar-refractivity contribution in [2.75, 3.05) is 18.1 Å². The number of hydrogen-bond donors (Lipinski definition) is 2. The van der Waals surface area contributed by atoms with Crippen LogP contribution in [0.2, 0.25) is 0 Å². The maximum Gasteiger partial charge on any atom is 0.326 e. The topological polar surface area (TPSA) is 87.1 Å². The highest BCUT2D eigenvalue weighted by Crippen LogP contribution is 2.47. The largest absolute Gasteiger partial charge is 0.508 e. The molecule has 1 atom stereocenters. The van der Waals surface area contributed by atoms with Gasteiger partial charge >= 0.3 is 5.97 Å². The monoisotopic (exact) mass is 381 g/mol. The second kappa shape index (κ2) is 6.95. The van der Waals surface area contributed by atoms with E-state index in [9.17, 15) is 19.8 Å². The number of rotatable bonds is 4. The van der Waals surface area contributed by atoms with Gasteiger partial charge in [-0.15, -0.1) is 0 Å². The lowest BCUT2D eigenvalue weighted by molar-refractivity contribution is -0.143. The van der Waals surface area contributed by atoms with Crippen LogP contribution in [0.5, 0.6) is 5.75 Å². The van der Waals surface area contributed by atoms with E-state index < -0.39 is 17.5 Å². The van der Waals surface area contributed by atoms with E-state index in [1.165, 1.54) is 4.90 Å². The van der Waals surface area contributed by atoms with Crippen molar-refractivity contribution in [1.82, 2.24) is 0 Å². The number of anilines is 1. The van der Waals surface area contributed by atoms with E-state index in [1.807, 2.05) is 0 Å². The predicted octanol–water partition coefficient (Wildman–Crippen LogP) is 2.42. The van der Waals surface area contributed by atoms with Gasteiger partial charge in [-0.05, 0) is 61.9 Å². The van der Waals surface area contributed by atoms with Gasteiger partial charge in [0.1, 0.15) is 12.3 Å². The van der Waals surface area contributed by atoms with E-state index in [1.54, 1.807) is 43.3 Å². The van der Waals surface area contributed by atoms with Crippen LogP contribution < -0.4 is 4.90 Å². The molecular formula is C22H23NO5. The van der Waals surface area contributed by atoms with E-state index in [0.29, 0.717) is 11.3 Å². The maximum atomic E-state index is 13.3. The number of para-hydroxylation sites is 1. The van der Waals surface area contributed by atoms with Crippen LogP contribution in [0.15, 0.2) is 36.4 Å². The summed E-state index contributed by atoms with van der Waals surface area (Å²) >= 11 is 0. The smallest absolute Gasteiger partial charge is 0.326 e. The molecule has 1 amide bonds. The molecule has 2 aromatic carbocycles. The Labute approximate surface area is 163 Å². The van der Waals surface area contributed by atoms with Crippen molar-refractivity contribution in [2.24, 2.45) is 0 Å². The third kappa shape index (κ3) is 2.76. The van der Waals surface area contributed by atoms with Crippen molar-refractivity contribution in [2.45, 2.75) is 38.2 Å². The Morgan fingerprint density at radius 2 is 1.82 bits per heavy atom. The highest BCUT2D eigenvalue weighted by molar-refractivity contribution is 6.11. The summed E-state index contributed by atoms with van der Waals surface area (Å²) in [5.41, 5.74) is 1.02. The molecule has 1 unspecified atom stereocenters. The summed E-state index contributed by atoms with van der Waals surface area (Å²) in [5, 5.41) is 22.2. The van der Waals surface area contributed by atoms with Crippen molar-refractivity contribution in [3.63, 3.8) is 0 Å². The lowest BCUT2D eigenvalue weighted by Crippen LogP contribution is -2.43. The fourth-order valence-corrected chi connectivity index (χ4v) is 4.25. The third-order valence-corrected chi connectivity index (χ3v) is 5.58. The third-order valence-electron chi connectivity index (χ3n) is 5.58. The summed E-state index contributed by atoms with van der Waals surface area (Å²) in [7, 11) is 0. The highest BCUT2D eigenvalue weighted by atomic mass is 16.5. The number of benzene rings is 2. The van der Waals surface area contributed by atoms with Crippen LogP contribution >= 0.6 is 0 Å². The molecule has 4 rings (SSSR count). The number of carbonyl (C=O) groups is 2. The number of hydrogen-bond acceptors (Lipinski definition) is 5. The van der Waals surface area contributed by atoms with Crippen LogP contribution in [-0.2, 0) is 32.8 Å². The lowest BCUT2D eigenvalue weighted by atomic mass is 9.82. The molecule has 6 nitrogen and oxygen atoms in total. The van der Waals surface area contributed by atoms with Gasteiger partial charge < -0.3 is 14.9 Å². The first kappa shape index (κ1) is 18.5. The standard InChI is InChI=1S/C22H23NO5/c1-2-28-20(25)13-23-18-10-6-5-9-16(18)22(27,21(23)26)17-11-14-7-3-4-8-15(14)12-19(17)24/h5-6,9-12,24,27H,2-4,7-8,13H2,1H3. The molecule has 28 heavy (non-hydrogen) atoms. The molecule has 0 aromatic heterocycles. The zero-order valence-corrected chi connectivity index (χ0v) is 15.8. The predicted molar refractivity (Wildman–Crippen MR) is 103 cm³/mol. The molecule has 6 heteroatoms. The molecule has 1 aliphatic carbocycles. The van der Waals surface area contributed by atoms with Crippen molar-refractivity contribution in [3.8, 4) is 5.75 Å². The van der Waals surface area contributed by atoms with Crippen LogP contribution in [0.1, 0.15) is 42.0 Å². The van der Waals surface area contributed by atoms with Gasteiger partial charge in [-0.1, -0.05) is 18.2 Å². The lowest BCUT2D eigenvalue weighted by Gasteiger charge is -2.26. The highest BCUT2D eigenvalue weighted by Gasteiger charge is 2.53. The summed E-state index contributed by atoms with van der Waals surface area (Å²) in [6.45, 7) is 1.61. The fourth-order valence-electron chi connectivity index (χ4n) is 4.25. The average Bonchev–Trinajstić information content (AvgIpc) is 2.90. The summed E-state index contributed by atoms with van der Waals surface area (Å²) in [6.07, 6.45) is 3.82. The molecule has 2 aliphatic rings. The maximum absolute atomic E-state index is 13.3. The van der Waals surface area contributed by atoms with Crippen LogP contribution in [0.3, 0.4) is 0 Å². The van der Waals surface area contributed by atoms with Gasteiger partial charge in [-0.2, -0.15) is 0 Å². The number of aliphatic hydroxyl groups is 1. The van der Waals surface area contributed by atoms with Crippen LogP contribution in [0.25, 0.3) is 0 Å². The van der Waals surface area contributed by atoms with E-state index in [-0.39, 0.29) is 24.5 Å². The molecule has 146 valence electrons. The molecule has 2 aromatic rings. The molecule has 1 heterocycles. The number of nitrogens with zero attached hydrogens (tertiary/aromatic N) is 1. The Morgan fingerprint density at radius 3 is 2.54 bits per heavy atom. The number of amides is 1. The van der Waals surface area contributed by atoms with Gasteiger partial charge in [0.25, 0.3) is 5.91 Å². The Morgan fingerprint density at radius 1 is 1.14 bits per heavy atom. The van der Waals surface area contributed by atoms with E-state index in [0.717, 1.165) is 36.8 Å². The molecular weight excluding hydrogens is 358 g/mol. The Bertz CT molecular complexity index is 954. The fraction of sp³-hybridized carbons (Fsp3) is 0.364. The van der Waals surface area contributed by atoms with E-state index in [4.69, 9.17) is 4.74 Å². The quantitative estimate of drug-likeness (QED) is 0.795. The average molecular weight is 381 g/mol. The van der Waals surface area contributed by atoms with Crippen LogP contribution in [-0.4, -0.2) is 35.2 Å². The van der Waals surface area contributed by atoms with Crippen LogP contribution in [0, 0.1) is 0 Å².